The lowest BCUT2D eigenvalue weighted by molar-refractivity contribution is 0.313. The first-order valence-corrected chi connectivity index (χ1v) is 7.77. The third kappa shape index (κ3) is 2.85. The van der Waals surface area contributed by atoms with E-state index in [1.54, 1.807) is 6.20 Å². The van der Waals surface area contributed by atoms with Crippen molar-refractivity contribution in [3.05, 3.63) is 60.4 Å². The highest BCUT2D eigenvalue weighted by molar-refractivity contribution is 5.29. The second kappa shape index (κ2) is 5.85. The molecule has 1 aliphatic heterocycles. The zero-order valence-corrected chi connectivity index (χ0v) is 12.5. The Morgan fingerprint density at radius 2 is 2.09 bits per heavy atom. The van der Waals surface area contributed by atoms with Gasteiger partial charge in [0.15, 0.2) is 0 Å². The first-order valence-electron chi connectivity index (χ1n) is 7.77. The van der Waals surface area contributed by atoms with E-state index >= 15 is 0 Å². The van der Waals surface area contributed by atoms with Crippen LogP contribution in [0.5, 0.6) is 0 Å². The largest absolute Gasteiger partial charge is 0.297 e. The summed E-state index contributed by atoms with van der Waals surface area (Å²) < 4.78 is 1.99. The Labute approximate surface area is 129 Å². The Bertz CT molecular complexity index is 719. The van der Waals surface area contributed by atoms with Crippen LogP contribution in [0.1, 0.15) is 17.7 Å². The maximum atomic E-state index is 4.59. The van der Waals surface area contributed by atoms with Gasteiger partial charge >= 0.3 is 0 Å². The summed E-state index contributed by atoms with van der Waals surface area (Å²) in [7, 11) is 0. The van der Waals surface area contributed by atoms with Crippen LogP contribution >= 0.6 is 0 Å². The molecule has 0 radical (unpaired) electrons. The Morgan fingerprint density at radius 1 is 1.18 bits per heavy atom. The summed E-state index contributed by atoms with van der Waals surface area (Å²) in [5.74, 6) is 1.52. The third-order valence-electron chi connectivity index (χ3n) is 4.31. The number of nitrogens with zero attached hydrogens (tertiary/aromatic N) is 5. The van der Waals surface area contributed by atoms with Crippen LogP contribution < -0.4 is 0 Å². The fourth-order valence-corrected chi connectivity index (χ4v) is 3.26. The van der Waals surface area contributed by atoms with Gasteiger partial charge in [-0.15, -0.1) is 0 Å². The number of rotatable bonds is 4. The van der Waals surface area contributed by atoms with Gasteiger partial charge in [-0.2, -0.15) is 0 Å². The van der Waals surface area contributed by atoms with Gasteiger partial charge in [-0.1, -0.05) is 0 Å². The quantitative estimate of drug-likeness (QED) is 0.740. The van der Waals surface area contributed by atoms with Crippen LogP contribution in [-0.2, 0) is 13.0 Å². The van der Waals surface area contributed by atoms with Gasteiger partial charge in [-0.25, -0.2) is 9.97 Å². The average molecular weight is 293 g/mol. The van der Waals surface area contributed by atoms with Crippen LogP contribution in [0.2, 0.25) is 0 Å². The van der Waals surface area contributed by atoms with E-state index in [2.05, 4.69) is 38.2 Å². The molecule has 0 amide bonds. The van der Waals surface area contributed by atoms with E-state index in [-0.39, 0.29) is 0 Å². The second-order valence-corrected chi connectivity index (χ2v) is 6.01. The molecule has 0 N–H and O–H groups in total. The predicted octanol–water partition coefficient (Wildman–Crippen LogP) is 2.19. The first-order chi connectivity index (χ1) is 10.9. The standard InChI is InChI=1S/C17H19N5/c1-5-19-17-20-16(13-22(17)8-1)12-21-9-4-15(11-21)10-14-2-6-18-7-3-14/h1-3,5-8,13,15H,4,9-12H2. The number of imidazole rings is 1. The molecule has 0 aliphatic carbocycles. The van der Waals surface area contributed by atoms with Gasteiger partial charge in [0.05, 0.1) is 5.69 Å². The van der Waals surface area contributed by atoms with Gasteiger partial charge in [-0.3, -0.25) is 14.3 Å². The summed E-state index contributed by atoms with van der Waals surface area (Å²) in [4.78, 5) is 15.4. The normalized spacial score (nSPS) is 19.0. The molecule has 0 spiro atoms. The topological polar surface area (TPSA) is 46.3 Å². The van der Waals surface area contributed by atoms with E-state index in [1.807, 2.05) is 29.1 Å². The lowest BCUT2D eigenvalue weighted by Crippen LogP contribution is -2.20. The minimum absolute atomic E-state index is 0.734. The minimum Gasteiger partial charge on any atom is -0.297 e. The Balaban J connectivity index is 1.38. The minimum atomic E-state index is 0.734. The van der Waals surface area contributed by atoms with Crippen LogP contribution in [0.4, 0.5) is 0 Å². The number of fused-ring (bicyclic) bond motifs is 1. The van der Waals surface area contributed by atoms with Gasteiger partial charge in [0.2, 0.25) is 5.78 Å². The SMILES string of the molecule is c1cnc2nc(CN3CCC(Cc4ccncc4)C3)cn2c1. The summed E-state index contributed by atoms with van der Waals surface area (Å²) >= 11 is 0. The van der Waals surface area contributed by atoms with Crippen molar-refractivity contribution in [1.29, 1.82) is 0 Å². The smallest absolute Gasteiger partial charge is 0.233 e. The van der Waals surface area contributed by atoms with E-state index < -0.39 is 0 Å². The molecule has 3 aromatic rings. The Morgan fingerprint density at radius 3 is 2.95 bits per heavy atom. The summed E-state index contributed by atoms with van der Waals surface area (Å²) in [5, 5.41) is 0. The molecule has 1 unspecified atom stereocenters. The fourth-order valence-electron chi connectivity index (χ4n) is 3.26. The number of likely N-dealkylation sites (tertiary alicyclic amines) is 1. The average Bonchev–Trinajstić information content (AvgIpc) is 3.14. The van der Waals surface area contributed by atoms with Crippen LogP contribution in [-0.4, -0.2) is 37.3 Å². The highest BCUT2D eigenvalue weighted by Gasteiger charge is 2.23. The van der Waals surface area contributed by atoms with Crippen LogP contribution in [0.15, 0.2) is 49.2 Å². The summed E-state index contributed by atoms with van der Waals surface area (Å²) in [6.07, 6.45) is 12.0. The number of aromatic nitrogens is 4. The molecule has 0 saturated carbocycles. The van der Waals surface area contributed by atoms with Gasteiger partial charge in [0.1, 0.15) is 0 Å². The molecule has 0 aromatic carbocycles. The summed E-state index contributed by atoms with van der Waals surface area (Å²) in [6, 6.07) is 6.17. The van der Waals surface area contributed by atoms with Gasteiger partial charge < -0.3 is 0 Å². The second-order valence-electron chi connectivity index (χ2n) is 6.01. The molecule has 3 aromatic heterocycles. The monoisotopic (exact) mass is 293 g/mol. The van der Waals surface area contributed by atoms with Gasteiger partial charge in [0, 0.05) is 44.1 Å². The van der Waals surface area contributed by atoms with Crippen molar-refractivity contribution >= 4 is 5.78 Å². The van der Waals surface area contributed by atoms with Crippen molar-refractivity contribution in [2.45, 2.75) is 19.4 Å². The lowest BCUT2D eigenvalue weighted by Gasteiger charge is -2.14. The van der Waals surface area contributed by atoms with Crippen LogP contribution in [0, 0.1) is 5.92 Å². The summed E-state index contributed by atoms with van der Waals surface area (Å²) in [5.41, 5.74) is 2.49. The molecule has 4 rings (SSSR count). The molecule has 22 heavy (non-hydrogen) atoms. The molecule has 4 heterocycles. The lowest BCUT2D eigenvalue weighted by atomic mass is 10.00. The zero-order chi connectivity index (χ0) is 14.8. The zero-order valence-electron chi connectivity index (χ0n) is 12.5. The Hall–Kier alpha value is -2.27. The van der Waals surface area contributed by atoms with Crippen molar-refractivity contribution in [3.63, 3.8) is 0 Å². The number of hydrogen-bond donors (Lipinski definition) is 0. The molecule has 5 nitrogen and oxygen atoms in total. The maximum absolute atomic E-state index is 4.59. The van der Waals surface area contributed by atoms with E-state index in [4.69, 9.17) is 0 Å². The molecule has 112 valence electrons. The van der Waals surface area contributed by atoms with Crippen molar-refractivity contribution in [3.8, 4) is 0 Å². The van der Waals surface area contributed by atoms with Gasteiger partial charge in [0.25, 0.3) is 0 Å². The van der Waals surface area contributed by atoms with Crippen molar-refractivity contribution in [2.24, 2.45) is 5.92 Å². The maximum Gasteiger partial charge on any atom is 0.233 e. The molecular weight excluding hydrogens is 274 g/mol. The molecule has 0 bridgehead atoms. The van der Waals surface area contributed by atoms with Crippen LogP contribution in [0.3, 0.4) is 0 Å². The van der Waals surface area contributed by atoms with E-state index in [0.717, 1.165) is 43.4 Å². The van der Waals surface area contributed by atoms with E-state index in [0.29, 0.717) is 0 Å². The number of hydrogen-bond acceptors (Lipinski definition) is 4. The van der Waals surface area contributed by atoms with Crippen molar-refractivity contribution in [2.75, 3.05) is 13.1 Å². The molecular formula is C17H19N5. The summed E-state index contributed by atoms with van der Waals surface area (Å²) in [6.45, 7) is 3.21. The van der Waals surface area contributed by atoms with Crippen molar-refractivity contribution < 1.29 is 0 Å². The first kappa shape index (κ1) is 13.4. The molecule has 1 atom stereocenters. The third-order valence-corrected chi connectivity index (χ3v) is 4.31. The molecule has 1 aliphatic rings. The molecule has 5 heteroatoms. The highest BCUT2D eigenvalue weighted by atomic mass is 15.2. The molecule has 1 saturated heterocycles. The van der Waals surface area contributed by atoms with Crippen LogP contribution in [0.25, 0.3) is 5.78 Å². The fraction of sp³-hybridized carbons (Fsp3) is 0.353. The number of pyridine rings is 1. The Kier molecular flexibility index (Phi) is 3.56. The predicted molar refractivity (Wildman–Crippen MR) is 84.3 cm³/mol. The van der Waals surface area contributed by atoms with Gasteiger partial charge in [-0.05, 0) is 49.1 Å². The molecule has 1 fully saturated rings. The van der Waals surface area contributed by atoms with Crippen molar-refractivity contribution in [1.82, 2.24) is 24.3 Å². The van der Waals surface area contributed by atoms with E-state index in [1.165, 1.54) is 12.0 Å². The van der Waals surface area contributed by atoms with E-state index in [9.17, 15) is 0 Å². The highest BCUT2D eigenvalue weighted by Crippen LogP contribution is 2.22.